The number of nitrogens with zero attached hydrogens (tertiary/aromatic N) is 3. The maximum Gasteiger partial charge on any atom is 0.290 e. The first-order valence-corrected chi connectivity index (χ1v) is 15.1. The lowest BCUT2D eigenvalue weighted by Gasteiger charge is -2.32. The molecule has 0 aliphatic carbocycles. The summed E-state index contributed by atoms with van der Waals surface area (Å²) in [7, 11) is 0. The van der Waals surface area contributed by atoms with E-state index in [1.165, 1.54) is 31.4 Å². The molecule has 224 valence electrons. The third-order valence-electron chi connectivity index (χ3n) is 8.21. The van der Waals surface area contributed by atoms with Gasteiger partial charge in [-0.1, -0.05) is 18.6 Å². The lowest BCUT2D eigenvalue weighted by atomic mass is 10.0. The first-order valence-electron chi connectivity index (χ1n) is 15.1. The molecule has 0 unspecified atom stereocenters. The van der Waals surface area contributed by atoms with Gasteiger partial charge in [-0.2, -0.15) is 0 Å². The Labute approximate surface area is 241 Å². The van der Waals surface area contributed by atoms with Gasteiger partial charge in [0.15, 0.2) is 5.76 Å². The van der Waals surface area contributed by atoms with E-state index in [0.717, 1.165) is 51.3 Å². The maximum absolute atomic E-state index is 14.1. The molecular formula is C31H43FN4O5. The van der Waals surface area contributed by atoms with Gasteiger partial charge in [0.2, 0.25) is 5.91 Å². The molecule has 2 amide bonds. The fourth-order valence-electron chi connectivity index (χ4n) is 5.93. The number of likely N-dealkylation sites (tertiary alicyclic amines) is 1. The summed E-state index contributed by atoms with van der Waals surface area (Å²) in [6.45, 7) is 7.95. The average Bonchev–Trinajstić information content (AvgIpc) is 3.70. The molecule has 3 aliphatic heterocycles. The standard InChI is InChI=1S/C31H43FN4O5/c32-25-9-7-24(8-10-25)29(30(37)33-22-26-6-4-19-40-26)36(16-5-15-34-17-20-39-21-18-34)31(38)28-12-11-27(41-28)23-35-13-2-1-3-14-35/h7-12,26,29H,1-6,13-23H2,(H,33,37)/t26-,29+/m1/s1. The van der Waals surface area contributed by atoms with Gasteiger partial charge in [-0.15, -0.1) is 0 Å². The van der Waals surface area contributed by atoms with E-state index < -0.39 is 11.9 Å². The Bertz CT molecular complexity index is 1110. The summed E-state index contributed by atoms with van der Waals surface area (Å²) >= 11 is 0. The number of carbonyl (C=O) groups is 2. The van der Waals surface area contributed by atoms with E-state index in [1.54, 1.807) is 23.1 Å². The number of hydrogen-bond acceptors (Lipinski definition) is 7. The van der Waals surface area contributed by atoms with Gasteiger partial charge in [0.05, 0.1) is 25.9 Å². The van der Waals surface area contributed by atoms with Gasteiger partial charge in [-0.05, 0) is 75.0 Å². The summed E-state index contributed by atoms with van der Waals surface area (Å²) in [5, 5.41) is 3.01. The van der Waals surface area contributed by atoms with E-state index in [9.17, 15) is 14.0 Å². The highest BCUT2D eigenvalue weighted by Crippen LogP contribution is 2.26. The Morgan fingerprint density at radius 1 is 0.951 bits per heavy atom. The van der Waals surface area contributed by atoms with Crippen LogP contribution in [0, 0.1) is 5.82 Å². The van der Waals surface area contributed by atoms with Crippen LogP contribution in [0.15, 0.2) is 40.8 Å². The van der Waals surface area contributed by atoms with Crippen molar-refractivity contribution in [2.75, 3.05) is 65.6 Å². The van der Waals surface area contributed by atoms with Crippen molar-refractivity contribution in [1.29, 1.82) is 0 Å². The number of ether oxygens (including phenoxy) is 2. The summed E-state index contributed by atoms with van der Waals surface area (Å²) in [4.78, 5) is 34.1. The van der Waals surface area contributed by atoms with Gasteiger partial charge in [0.25, 0.3) is 5.91 Å². The fourth-order valence-corrected chi connectivity index (χ4v) is 5.93. The molecular weight excluding hydrogens is 527 g/mol. The van der Waals surface area contributed by atoms with E-state index in [1.807, 2.05) is 6.07 Å². The number of benzene rings is 1. The van der Waals surface area contributed by atoms with Crippen LogP contribution in [0.1, 0.15) is 66.4 Å². The van der Waals surface area contributed by atoms with E-state index >= 15 is 0 Å². The van der Waals surface area contributed by atoms with Crippen molar-refractivity contribution in [2.45, 2.75) is 57.2 Å². The van der Waals surface area contributed by atoms with Crippen LogP contribution in [0.4, 0.5) is 4.39 Å². The number of furan rings is 1. The van der Waals surface area contributed by atoms with E-state index in [-0.39, 0.29) is 23.7 Å². The third kappa shape index (κ3) is 8.38. The number of halogens is 1. The molecule has 10 heteroatoms. The third-order valence-corrected chi connectivity index (χ3v) is 8.21. The molecule has 0 radical (unpaired) electrons. The van der Waals surface area contributed by atoms with Gasteiger partial charge in [0.1, 0.15) is 17.6 Å². The number of carbonyl (C=O) groups excluding carboxylic acids is 2. The number of piperidine rings is 1. The second-order valence-electron chi connectivity index (χ2n) is 11.2. The Balaban J connectivity index is 1.36. The molecule has 1 N–H and O–H groups in total. The van der Waals surface area contributed by atoms with Crippen molar-refractivity contribution in [3.05, 3.63) is 59.3 Å². The topological polar surface area (TPSA) is 87.5 Å². The highest BCUT2D eigenvalue weighted by molar-refractivity contribution is 5.96. The molecule has 3 saturated heterocycles. The highest BCUT2D eigenvalue weighted by atomic mass is 19.1. The SMILES string of the molecule is O=C(NC[C@H]1CCCO1)[C@H](c1ccc(F)cc1)N(CCCN1CCOCC1)C(=O)c1ccc(CN2CCCCC2)o1. The van der Waals surface area contributed by atoms with Crippen LogP contribution in [0.3, 0.4) is 0 Å². The van der Waals surface area contributed by atoms with Crippen molar-refractivity contribution in [3.63, 3.8) is 0 Å². The van der Waals surface area contributed by atoms with Crippen molar-refractivity contribution >= 4 is 11.8 Å². The van der Waals surface area contributed by atoms with Gasteiger partial charge in [-0.25, -0.2) is 4.39 Å². The molecule has 5 rings (SSSR count). The van der Waals surface area contributed by atoms with Gasteiger partial charge >= 0.3 is 0 Å². The van der Waals surface area contributed by atoms with Gasteiger partial charge in [0, 0.05) is 39.3 Å². The summed E-state index contributed by atoms with van der Waals surface area (Å²) in [5.74, 6) is -0.108. The van der Waals surface area contributed by atoms with Crippen LogP contribution in [-0.4, -0.2) is 98.3 Å². The minimum Gasteiger partial charge on any atom is -0.455 e. The lowest BCUT2D eigenvalue weighted by molar-refractivity contribution is -0.126. The van der Waals surface area contributed by atoms with Crippen molar-refractivity contribution in [2.24, 2.45) is 0 Å². The molecule has 1 aromatic carbocycles. The van der Waals surface area contributed by atoms with Crippen molar-refractivity contribution in [1.82, 2.24) is 20.0 Å². The molecule has 3 aliphatic rings. The Morgan fingerprint density at radius 2 is 1.73 bits per heavy atom. The largest absolute Gasteiger partial charge is 0.455 e. The number of nitrogens with one attached hydrogen (secondary N) is 1. The summed E-state index contributed by atoms with van der Waals surface area (Å²) in [5.41, 5.74) is 0.552. The van der Waals surface area contributed by atoms with Crippen LogP contribution in [-0.2, 0) is 20.8 Å². The first-order chi connectivity index (χ1) is 20.1. The predicted octanol–water partition coefficient (Wildman–Crippen LogP) is 3.61. The van der Waals surface area contributed by atoms with Crippen LogP contribution in [0.25, 0.3) is 0 Å². The molecule has 0 bridgehead atoms. The summed E-state index contributed by atoms with van der Waals surface area (Å²) in [6.07, 6.45) is 6.07. The Kier molecular flexibility index (Phi) is 10.8. The normalized spacial score (nSPS) is 21.0. The minimum absolute atomic E-state index is 0.0410. The van der Waals surface area contributed by atoms with Crippen LogP contribution >= 0.6 is 0 Å². The van der Waals surface area contributed by atoms with E-state index in [2.05, 4.69) is 15.1 Å². The van der Waals surface area contributed by atoms with Crippen LogP contribution in [0.2, 0.25) is 0 Å². The second-order valence-corrected chi connectivity index (χ2v) is 11.2. The zero-order valence-electron chi connectivity index (χ0n) is 23.9. The van der Waals surface area contributed by atoms with E-state index in [4.69, 9.17) is 13.9 Å². The van der Waals surface area contributed by atoms with E-state index in [0.29, 0.717) is 51.4 Å². The smallest absolute Gasteiger partial charge is 0.290 e. The molecule has 3 fully saturated rings. The van der Waals surface area contributed by atoms with Gasteiger partial charge in [-0.3, -0.25) is 19.4 Å². The molecule has 2 aromatic rings. The minimum atomic E-state index is -0.940. The van der Waals surface area contributed by atoms with Crippen LogP contribution < -0.4 is 5.32 Å². The lowest BCUT2D eigenvalue weighted by Crippen LogP contribution is -2.46. The molecule has 9 nitrogen and oxygen atoms in total. The molecule has 0 spiro atoms. The zero-order valence-corrected chi connectivity index (χ0v) is 23.9. The van der Waals surface area contributed by atoms with Crippen LogP contribution in [0.5, 0.6) is 0 Å². The molecule has 1 aromatic heterocycles. The first kappa shape index (κ1) is 29.7. The predicted molar refractivity (Wildman–Crippen MR) is 152 cm³/mol. The quantitative estimate of drug-likeness (QED) is 0.417. The number of hydrogen-bond donors (Lipinski definition) is 1. The monoisotopic (exact) mass is 570 g/mol. The van der Waals surface area contributed by atoms with Crippen molar-refractivity contribution < 1.29 is 27.9 Å². The molecule has 2 atom stereocenters. The second kappa shape index (κ2) is 14.9. The summed E-state index contributed by atoms with van der Waals surface area (Å²) in [6, 6.07) is 8.45. The number of rotatable bonds is 12. The average molecular weight is 571 g/mol. The van der Waals surface area contributed by atoms with Gasteiger partial charge < -0.3 is 24.1 Å². The maximum atomic E-state index is 14.1. The molecule has 4 heterocycles. The molecule has 41 heavy (non-hydrogen) atoms. The Hall–Kier alpha value is -2.79. The highest BCUT2D eigenvalue weighted by Gasteiger charge is 2.34. The number of amides is 2. The molecule has 0 saturated carbocycles. The number of morpholine rings is 1. The summed E-state index contributed by atoms with van der Waals surface area (Å²) < 4.78 is 31.1. The Morgan fingerprint density at radius 3 is 2.46 bits per heavy atom. The fraction of sp³-hybridized carbons (Fsp3) is 0.613. The zero-order chi connectivity index (χ0) is 28.4. The van der Waals surface area contributed by atoms with Crippen molar-refractivity contribution in [3.8, 4) is 0 Å².